The Morgan fingerprint density at radius 2 is 2.11 bits per heavy atom. The van der Waals surface area contributed by atoms with Crippen LogP contribution in [0.25, 0.3) is 0 Å². The zero-order chi connectivity index (χ0) is 6.95. The Bertz CT molecular complexity index is 70.0. The van der Waals surface area contributed by atoms with Gasteiger partial charge in [-0.1, -0.05) is 0 Å². The van der Waals surface area contributed by atoms with Gasteiger partial charge in [0.25, 0.3) is 0 Å². The fraction of sp³-hybridized carbons (Fsp3) is 0.800. The lowest BCUT2D eigenvalue weighted by molar-refractivity contribution is -0.109. The molecule has 0 aliphatic heterocycles. The van der Waals surface area contributed by atoms with Crippen LogP contribution < -0.4 is 10.6 Å². The van der Waals surface area contributed by atoms with Crippen molar-refractivity contribution in [3.63, 3.8) is 0 Å². The standard InChI is InChI=1S/C5H11FN2O/c6-1-2-7-3-4-8-5-9/h5,7H,1-4H2,(H,8,9). The quantitative estimate of drug-likeness (QED) is 0.372. The molecular formula is C5H11FN2O. The second-order valence-corrected chi connectivity index (χ2v) is 1.51. The van der Waals surface area contributed by atoms with Crippen molar-refractivity contribution in [2.24, 2.45) is 0 Å². The van der Waals surface area contributed by atoms with E-state index in [0.29, 0.717) is 26.0 Å². The Hall–Kier alpha value is -0.640. The van der Waals surface area contributed by atoms with Crippen molar-refractivity contribution in [2.75, 3.05) is 26.3 Å². The summed E-state index contributed by atoms with van der Waals surface area (Å²) < 4.78 is 11.3. The summed E-state index contributed by atoms with van der Waals surface area (Å²) in [7, 11) is 0. The van der Waals surface area contributed by atoms with Crippen LogP contribution in [-0.2, 0) is 4.79 Å². The molecule has 0 rings (SSSR count). The van der Waals surface area contributed by atoms with E-state index in [4.69, 9.17) is 0 Å². The van der Waals surface area contributed by atoms with Crippen molar-refractivity contribution in [3.8, 4) is 0 Å². The summed E-state index contributed by atoms with van der Waals surface area (Å²) in [5.41, 5.74) is 0. The fourth-order valence-corrected chi connectivity index (χ4v) is 0.411. The minimum Gasteiger partial charge on any atom is -0.357 e. The van der Waals surface area contributed by atoms with Crippen molar-refractivity contribution in [3.05, 3.63) is 0 Å². The highest BCUT2D eigenvalue weighted by Gasteiger charge is 1.82. The van der Waals surface area contributed by atoms with Gasteiger partial charge in [0.15, 0.2) is 0 Å². The van der Waals surface area contributed by atoms with Gasteiger partial charge in [0.2, 0.25) is 6.41 Å². The van der Waals surface area contributed by atoms with E-state index in [1.165, 1.54) is 0 Å². The summed E-state index contributed by atoms with van der Waals surface area (Å²) in [5.74, 6) is 0. The zero-order valence-electron chi connectivity index (χ0n) is 5.19. The van der Waals surface area contributed by atoms with Crippen LogP contribution in [0.1, 0.15) is 0 Å². The average Bonchev–Trinajstić information content (AvgIpc) is 1.89. The lowest BCUT2D eigenvalue weighted by Crippen LogP contribution is -2.27. The molecule has 0 saturated heterocycles. The lowest BCUT2D eigenvalue weighted by atomic mass is 10.6. The first-order valence-corrected chi connectivity index (χ1v) is 2.85. The number of halogens is 1. The number of carbonyl (C=O) groups excluding carboxylic acids is 1. The van der Waals surface area contributed by atoms with E-state index in [-0.39, 0.29) is 6.67 Å². The lowest BCUT2D eigenvalue weighted by Gasteiger charge is -1.98. The zero-order valence-corrected chi connectivity index (χ0v) is 5.19. The van der Waals surface area contributed by atoms with E-state index in [9.17, 15) is 9.18 Å². The third kappa shape index (κ3) is 7.36. The normalized spacial score (nSPS) is 9.00. The highest BCUT2D eigenvalue weighted by molar-refractivity contribution is 5.45. The number of hydrogen-bond donors (Lipinski definition) is 2. The summed E-state index contributed by atoms with van der Waals surface area (Å²) in [5, 5.41) is 5.22. The van der Waals surface area contributed by atoms with Crippen LogP contribution in [0.5, 0.6) is 0 Å². The van der Waals surface area contributed by atoms with Crippen LogP contribution in [0, 0.1) is 0 Å². The van der Waals surface area contributed by atoms with Gasteiger partial charge in [-0.15, -0.1) is 0 Å². The van der Waals surface area contributed by atoms with Gasteiger partial charge in [-0.2, -0.15) is 0 Å². The Morgan fingerprint density at radius 3 is 2.67 bits per heavy atom. The molecule has 0 radical (unpaired) electrons. The Morgan fingerprint density at radius 1 is 1.33 bits per heavy atom. The molecule has 2 N–H and O–H groups in total. The van der Waals surface area contributed by atoms with Crippen LogP contribution >= 0.6 is 0 Å². The predicted molar refractivity (Wildman–Crippen MR) is 32.9 cm³/mol. The van der Waals surface area contributed by atoms with Gasteiger partial charge in [0.05, 0.1) is 0 Å². The third-order valence-electron chi connectivity index (χ3n) is 0.801. The summed E-state index contributed by atoms with van der Waals surface area (Å²) in [6, 6.07) is 0. The van der Waals surface area contributed by atoms with E-state index < -0.39 is 0 Å². The smallest absolute Gasteiger partial charge is 0.207 e. The van der Waals surface area contributed by atoms with Gasteiger partial charge in [-0.05, 0) is 0 Å². The molecule has 0 aromatic rings. The second kappa shape index (κ2) is 7.36. The highest BCUT2D eigenvalue weighted by atomic mass is 19.1. The summed E-state index contributed by atoms with van der Waals surface area (Å²) >= 11 is 0. The number of carbonyl (C=O) groups is 1. The second-order valence-electron chi connectivity index (χ2n) is 1.51. The topological polar surface area (TPSA) is 41.1 Å². The molecule has 9 heavy (non-hydrogen) atoms. The first kappa shape index (κ1) is 8.36. The molecule has 0 unspecified atom stereocenters. The molecule has 54 valence electrons. The largest absolute Gasteiger partial charge is 0.357 e. The molecule has 4 heteroatoms. The van der Waals surface area contributed by atoms with Crippen LogP contribution in [-0.4, -0.2) is 32.7 Å². The van der Waals surface area contributed by atoms with Gasteiger partial charge in [0.1, 0.15) is 6.67 Å². The molecule has 0 fully saturated rings. The minimum absolute atomic E-state index is 0.360. The number of hydrogen-bond acceptors (Lipinski definition) is 2. The first-order valence-electron chi connectivity index (χ1n) is 2.85. The Balaban J connectivity index is 2.66. The Labute approximate surface area is 53.6 Å². The molecule has 3 nitrogen and oxygen atoms in total. The van der Waals surface area contributed by atoms with Crippen LogP contribution in [0.15, 0.2) is 0 Å². The maximum Gasteiger partial charge on any atom is 0.207 e. The van der Waals surface area contributed by atoms with Gasteiger partial charge >= 0.3 is 0 Å². The summed E-state index contributed by atoms with van der Waals surface area (Å²) in [6.07, 6.45) is 0.622. The molecule has 0 aromatic heterocycles. The Kier molecular flexibility index (Phi) is 6.84. The maximum absolute atomic E-state index is 11.3. The van der Waals surface area contributed by atoms with Crippen LogP contribution in [0.2, 0.25) is 0 Å². The van der Waals surface area contributed by atoms with E-state index in [2.05, 4.69) is 10.6 Å². The highest BCUT2D eigenvalue weighted by Crippen LogP contribution is 1.61. The molecule has 0 aliphatic rings. The van der Waals surface area contributed by atoms with Gasteiger partial charge in [0, 0.05) is 19.6 Å². The average molecular weight is 134 g/mol. The molecule has 0 bridgehead atoms. The fourth-order valence-electron chi connectivity index (χ4n) is 0.411. The van der Waals surface area contributed by atoms with E-state index >= 15 is 0 Å². The minimum atomic E-state index is -0.360. The number of alkyl halides is 1. The maximum atomic E-state index is 11.3. The number of nitrogens with one attached hydrogen (secondary N) is 2. The molecule has 0 saturated carbocycles. The van der Waals surface area contributed by atoms with E-state index in [1.54, 1.807) is 0 Å². The van der Waals surface area contributed by atoms with Crippen molar-refractivity contribution < 1.29 is 9.18 Å². The van der Waals surface area contributed by atoms with Crippen molar-refractivity contribution >= 4 is 6.41 Å². The van der Waals surface area contributed by atoms with Crippen molar-refractivity contribution in [2.45, 2.75) is 0 Å². The monoisotopic (exact) mass is 134 g/mol. The molecule has 0 aromatic carbocycles. The number of rotatable bonds is 6. The summed E-state index contributed by atoms with van der Waals surface area (Å²) in [4.78, 5) is 9.62. The first-order chi connectivity index (χ1) is 4.41. The van der Waals surface area contributed by atoms with E-state index in [0.717, 1.165) is 0 Å². The molecule has 0 atom stereocenters. The number of amides is 1. The molecular weight excluding hydrogens is 123 g/mol. The van der Waals surface area contributed by atoms with E-state index in [1.807, 2.05) is 0 Å². The SMILES string of the molecule is O=CNCCNCCF. The van der Waals surface area contributed by atoms with Gasteiger partial charge in [-0.25, -0.2) is 4.39 Å². The van der Waals surface area contributed by atoms with Crippen molar-refractivity contribution in [1.82, 2.24) is 10.6 Å². The summed E-state index contributed by atoms with van der Waals surface area (Å²) in [6.45, 7) is 1.19. The van der Waals surface area contributed by atoms with Gasteiger partial charge in [-0.3, -0.25) is 4.79 Å². The molecule has 0 aliphatic carbocycles. The van der Waals surface area contributed by atoms with Crippen LogP contribution in [0.3, 0.4) is 0 Å². The third-order valence-corrected chi connectivity index (χ3v) is 0.801. The van der Waals surface area contributed by atoms with Crippen LogP contribution in [0.4, 0.5) is 4.39 Å². The molecule has 1 amide bonds. The molecule has 0 heterocycles. The van der Waals surface area contributed by atoms with Gasteiger partial charge < -0.3 is 10.6 Å². The van der Waals surface area contributed by atoms with Crippen molar-refractivity contribution in [1.29, 1.82) is 0 Å². The molecule has 0 spiro atoms. The predicted octanol–water partition coefficient (Wildman–Crippen LogP) is -0.709.